The summed E-state index contributed by atoms with van der Waals surface area (Å²) in [6, 6.07) is 9.50. The molecule has 0 bridgehead atoms. The molecule has 0 saturated heterocycles. The van der Waals surface area contributed by atoms with Crippen molar-refractivity contribution >= 4 is 5.69 Å². The van der Waals surface area contributed by atoms with Gasteiger partial charge < -0.3 is 0 Å². The van der Waals surface area contributed by atoms with Crippen molar-refractivity contribution in [3.63, 3.8) is 0 Å². The number of rotatable bonds is 2. The van der Waals surface area contributed by atoms with Gasteiger partial charge in [0.1, 0.15) is 6.07 Å². The fraction of sp³-hybridized carbons (Fsp3) is 0. The molecule has 0 aliphatic carbocycles. The fourth-order valence-electron chi connectivity index (χ4n) is 1.29. The van der Waals surface area contributed by atoms with Crippen LogP contribution in [-0.2, 0) is 0 Å². The van der Waals surface area contributed by atoms with Crippen LogP contribution < -0.4 is 0 Å². The van der Waals surface area contributed by atoms with Crippen LogP contribution in [0.2, 0.25) is 0 Å². The third-order valence-corrected chi connectivity index (χ3v) is 2.08. The Morgan fingerprint density at radius 2 is 2.06 bits per heavy atom. The summed E-state index contributed by atoms with van der Waals surface area (Å²) >= 11 is 0. The van der Waals surface area contributed by atoms with Gasteiger partial charge in [0.25, 0.3) is 5.69 Å². The zero-order chi connectivity index (χ0) is 11.5. The summed E-state index contributed by atoms with van der Waals surface area (Å²) in [7, 11) is 0. The first-order chi connectivity index (χ1) is 7.70. The van der Waals surface area contributed by atoms with Crippen molar-refractivity contribution < 1.29 is 4.92 Å². The number of hydrogen-bond acceptors (Lipinski definition) is 4. The third-order valence-electron chi connectivity index (χ3n) is 2.08. The van der Waals surface area contributed by atoms with Crippen molar-refractivity contribution in [2.45, 2.75) is 0 Å². The first-order valence-corrected chi connectivity index (χ1v) is 4.41. The average Bonchev–Trinajstić information content (AvgIpc) is 2.77. The molecular formula is C10H6N4O2. The van der Waals surface area contributed by atoms with Crippen LogP contribution in [0.15, 0.2) is 30.3 Å². The maximum absolute atomic E-state index is 10.4. The number of nitro groups is 1. The van der Waals surface area contributed by atoms with Crippen LogP contribution in [0, 0.1) is 21.4 Å². The van der Waals surface area contributed by atoms with E-state index in [0.717, 1.165) is 5.56 Å². The Labute approximate surface area is 90.3 Å². The smallest absolute Gasteiger partial charge is 0.269 e. The summed E-state index contributed by atoms with van der Waals surface area (Å²) in [5, 5.41) is 25.5. The summed E-state index contributed by atoms with van der Waals surface area (Å²) in [4.78, 5) is 9.98. The van der Waals surface area contributed by atoms with Crippen molar-refractivity contribution in [2.24, 2.45) is 0 Å². The monoisotopic (exact) mass is 214 g/mol. The van der Waals surface area contributed by atoms with Crippen LogP contribution >= 0.6 is 0 Å². The average molecular weight is 214 g/mol. The van der Waals surface area contributed by atoms with Crippen molar-refractivity contribution in [3.8, 4) is 17.3 Å². The van der Waals surface area contributed by atoms with E-state index in [1.807, 2.05) is 6.07 Å². The lowest BCUT2D eigenvalue weighted by Gasteiger charge is -1.95. The Balaban J connectivity index is 2.35. The van der Waals surface area contributed by atoms with E-state index < -0.39 is 4.92 Å². The highest BCUT2D eigenvalue weighted by Gasteiger charge is 2.07. The SMILES string of the molecule is N#Cc1cc(-c2ccc([N+](=O)[O-])cc2)[nH]n1. The van der Waals surface area contributed by atoms with Crippen molar-refractivity contribution in [1.29, 1.82) is 5.26 Å². The Morgan fingerprint density at radius 1 is 1.38 bits per heavy atom. The van der Waals surface area contributed by atoms with Crippen LogP contribution in [0.4, 0.5) is 5.69 Å². The predicted octanol–water partition coefficient (Wildman–Crippen LogP) is 1.86. The van der Waals surface area contributed by atoms with Crippen molar-refractivity contribution in [2.75, 3.05) is 0 Å². The highest BCUT2D eigenvalue weighted by atomic mass is 16.6. The molecule has 0 atom stereocenters. The second-order valence-corrected chi connectivity index (χ2v) is 3.08. The highest BCUT2D eigenvalue weighted by molar-refractivity contribution is 5.61. The molecule has 0 aliphatic heterocycles. The summed E-state index contributed by atoms with van der Waals surface area (Å²) in [6.07, 6.45) is 0. The maximum Gasteiger partial charge on any atom is 0.269 e. The first kappa shape index (κ1) is 9.86. The van der Waals surface area contributed by atoms with Crippen LogP contribution in [0.5, 0.6) is 0 Å². The van der Waals surface area contributed by atoms with Gasteiger partial charge in [0.2, 0.25) is 0 Å². The van der Waals surface area contributed by atoms with E-state index in [-0.39, 0.29) is 11.4 Å². The summed E-state index contributed by atoms with van der Waals surface area (Å²) in [5.41, 5.74) is 1.73. The molecule has 6 nitrogen and oxygen atoms in total. The van der Waals surface area contributed by atoms with Gasteiger partial charge in [0, 0.05) is 23.8 Å². The molecule has 1 aromatic heterocycles. The molecule has 1 aromatic carbocycles. The van der Waals surface area contributed by atoms with E-state index in [2.05, 4.69) is 10.2 Å². The van der Waals surface area contributed by atoms with Crippen LogP contribution in [0.1, 0.15) is 5.69 Å². The van der Waals surface area contributed by atoms with Gasteiger partial charge in [-0.15, -0.1) is 0 Å². The van der Waals surface area contributed by atoms with E-state index in [1.54, 1.807) is 18.2 Å². The van der Waals surface area contributed by atoms with Crippen LogP contribution in [0.3, 0.4) is 0 Å². The zero-order valence-electron chi connectivity index (χ0n) is 8.04. The number of nitrogens with one attached hydrogen (secondary N) is 1. The Bertz CT molecular complexity index is 565. The number of non-ortho nitro benzene ring substituents is 1. The van der Waals surface area contributed by atoms with Crippen LogP contribution in [0.25, 0.3) is 11.3 Å². The summed E-state index contributed by atoms with van der Waals surface area (Å²) in [5.74, 6) is 0. The van der Waals surface area contributed by atoms with Crippen LogP contribution in [-0.4, -0.2) is 15.1 Å². The predicted molar refractivity (Wildman–Crippen MR) is 55.4 cm³/mol. The number of aromatic amines is 1. The summed E-state index contributed by atoms with van der Waals surface area (Å²) < 4.78 is 0. The first-order valence-electron chi connectivity index (χ1n) is 4.41. The molecule has 2 rings (SSSR count). The van der Waals surface area contributed by atoms with E-state index in [1.165, 1.54) is 12.1 Å². The number of nitrogens with zero attached hydrogens (tertiary/aromatic N) is 3. The van der Waals surface area contributed by atoms with E-state index in [9.17, 15) is 10.1 Å². The fourth-order valence-corrected chi connectivity index (χ4v) is 1.29. The minimum atomic E-state index is -0.461. The van der Waals surface area contributed by atoms with Gasteiger partial charge in [-0.1, -0.05) is 0 Å². The third kappa shape index (κ3) is 1.74. The second-order valence-electron chi connectivity index (χ2n) is 3.08. The number of nitro benzene ring substituents is 1. The largest absolute Gasteiger partial charge is 0.277 e. The van der Waals surface area contributed by atoms with Gasteiger partial charge in [0.15, 0.2) is 5.69 Å². The lowest BCUT2D eigenvalue weighted by atomic mass is 10.1. The number of nitriles is 1. The van der Waals surface area contributed by atoms with Gasteiger partial charge >= 0.3 is 0 Å². The number of hydrogen-bond donors (Lipinski definition) is 1. The number of H-pyrrole nitrogens is 1. The Kier molecular flexibility index (Phi) is 2.36. The zero-order valence-corrected chi connectivity index (χ0v) is 8.04. The molecule has 0 unspecified atom stereocenters. The molecule has 1 N–H and O–H groups in total. The van der Waals surface area contributed by atoms with Gasteiger partial charge in [-0.25, -0.2) is 0 Å². The van der Waals surface area contributed by atoms with Gasteiger partial charge in [-0.2, -0.15) is 10.4 Å². The minimum Gasteiger partial charge on any atom is -0.277 e. The molecule has 0 fully saturated rings. The number of aromatic nitrogens is 2. The number of benzene rings is 1. The lowest BCUT2D eigenvalue weighted by molar-refractivity contribution is -0.384. The van der Waals surface area contributed by atoms with Crippen molar-refractivity contribution in [1.82, 2.24) is 10.2 Å². The lowest BCUT2D eigenvalue weighted by Crippen LogP contribution is -1.87. The van der Waals surface area contributed by atoms with Gasteiger partial charge in [0.05, 0.1) is 10.6 Å². The molecule has 0 aliphatic rings. The standard InChI is InChI=1S/C10H6N4O2/c11-6-8-5-10(13-12-8)7-1-3-9(4-2-7)14(15)16/h1-5H,(H,12,13). The van der Waals surface area contributed by atoms with Crippen molar-refractivity contribution in [3.05, 3.63) is 46.1 Å². The second kappa shape index (κ2) is 3.82. The molecule has 1 heterocycles. The normalized spacial score (nSPS) is 9.69. The highest BCUT2D eigenvalue weighted by Crippen LogP contribution is 2.20. The quantitative estimate of drug-likeness (QED) is 0.609. The molecule has 16 heavy (non-hydrogen) atoms. The van der Waals surface area contributed by atoms with Gasteiger partial charge in [-0.05, 0) is 12.1 Å². The molecule has 0 radical (unpaired) electrons. The minimum absolute atomic E-state index is 0.0313. The molecule has 0 amide bonds. The molecule has 2 aromatic rings. The Hall–Kier alpha value is -2.68. The molecule has 0 saturated carbocycles. The molecule has 78 valence electrons. The Morgan fingerprint density at radius 3 is 2.56 bits per heavy atom. The maximum atomic E-state index is 10.4. The molecule has 0 spiro atoms. The van der Waals surface area contributed by atoms with E-state index >= 15 is 0 Å². The topological polar surface area (TPSA) is 95.6 Å². The molecule has 6 heteroatoms. The van der Waals surface area contributed by atoms with E-state index in [4.69, 9.17) is 5.26 Å². The van der Waals surface area contributed by atoms with E-state index in [0.29, 0.717) is 5.69 Å². The van der Waals surface area contributed by atoms with Gasteiger partial charge in [-0.3, -0.25) is 15.2 Å². The summed E-state index contributed by atoms with van der Waals surface area (Å²) in [6.45, 7) is 0. The molecular weight excluding hydrogens is 208 g/mol.